The van der Waals surface area contributed by atoms with Crippen LogP contribution in [0.15, 0.2) is 34.2 Å². The summed E-state index contributed by atoms with van der Waals surface area (Å²) in [7, 11) is 0. The summed E-state index contributed by atoms with van der Waals surface area (Å²) >= 11 is 1.36. The number of benzene rings is 1. The van der Waals surface area contributed by atoms with Gasteiger partial charge in [0.1, 0.15) is 0 Å². The Morgan fingerprint density at radius 3 is 2.67 bits per heavy atom. The van der Waals surface area contributed by atoms with Crippen molar-refractivity contribution in [3.05, 3.63) is 34.6 Å². The Morgan fingerprint density at radius 2 is 1.96 bits per heavy atom. The lowest BCUT2D eigenvalue weighted by molar-refractivity contribution is -0.119. The van der Waals surface area contributed by atoms with Gasteiger partial charge in [0.2, 0.25) is 5.91 Å². The van der Waals surface area contributed by atoms with Gasteiger partial charge in [0.15, 0.2) is 5.16 Å². The largest absolute Gasteiger partial charge is 0.353 e. The molecule has 6 heteroatoms. The van der Waals surface area contributed by atoms with Crippen molar-refractivity contribution in [2.45, 2.75) is 76.0 Å². The minimum atomic E-state index is -0.0263. The highest BCUT2D eigenvalue weighted by molar-refractivity contribution is 7.99. The molecule has 0 bridgehead atoms. The summed E-state index contributed by atoms with van der Waals surface area (Å²) in [5.41, 5.74) is 0.662. The minimum Gasteiger partial charge on any atom is -0.353 e. The maximum atomic E-state index is 13.0. The molecule has 0 aliphatic heterocycles. The van der Waals surface area contributed by atoms with Gasteiger partial charge in [0, 0.05) is 12.1 Å². The average molecular weight is 388 g/mol. The summed E-state index contributed by atoms with van der Waals surface area (Å²) in [6.07, 6.45) is 7.90. The molecule has 1 atom stereocenters. The Kier molecular flexibility index (Phi) is 6.94. The van der Waals surface area contributed by atoms with Crippen LogP contribution in [-0.2, 0) is 4.79 Å². The lowest BCUT2D eigenvalue weighted by atomic mass is 10.1. The van der Waals surface area contributed by atoms with E-state index in [1.54, 1.807) is 4.57 Å². The number of aromatic nitrogens is 2. The van der Waals surface area contributed by atoms with Crippen LogP contribution in [0.25, 0.3) is 10.9 Å². The van der Waals surface area contributed by atoms with Crippen molar-refractivity contribution in [2.75, 3.05) is 5.75 Å². The fourth-order valence-corrected chi connectivity index (χ4v) is 4.53. The molecule has 1 saturated carbocycles. The number of para-hydroxylation sites is 1. The summed E-state index contributed by atoms with van der Waals surface area (Å²) < 4.78 is 1.74. The molecular weight excluding hydrogens is 358 g/mol. The van der Waals surface area contributed by atoms with E-state index in [-0.39, 0.29) is 23.3 Å². The van der Waals surface area contributed by atoms with Crippen LogP contribution in [-0.4, -0.2) is 27.3 Å². The zero-order valence-electron chi connectivity index (χ0n) is 16.2. The van der Waals surface area contributed by atoms with Crippen molar-refractivity contribution in [1.82, 2.24) is 14.9 Å². The van der Waals surface area contributed by atoms with Crippen molar-refractivity contribution in [3.8, 4) is 0 Å². The summed E-state index contributed by atoms with van der Waals surface area (Å²) in [5.74, 6) is 0.322. The van der Waals surface area contributed by atoms with Gasteiger partial charge in [-0.05, 0) is 38.3 Å². The third-order valence-electron chi connectivity index (χ3n) is 5.36. The second kappa shape index (κ2) is 9.40. The van der Waals surface area contributed by atoms with E-state index in [1.807, 2.05) is 31.2 Å². The van der Waals surface area contributed by atoms with E-state index >= 15 is 0 Å². The van der Waals surface area contributed by atoms with Crippen molar-refractivity contribution in [3.63, 3.8) is 0 Å². The highest BCUT2D eigenvalue weighted by Crippen LogP contribution is 2.23. The zero-order valence-corrected chi connectivity index (χ0v) is 17.1. The second-order valence-corrected chi connectivity index (χ2v) is 8.33. The second-order valence-electron chi connectivity index (χ2n) is 7.39. The first-order valence-electron chi connectivity index (χ1n) is 10.0. The molecule has 1 aromatic heterocycles. The van der Waals surface area contributed by atoms with Crippen LogP contribution in [0.2, 0.25) is 0 Å². The molecular formula is C21H29N3O2S. The molecule has 0 spiro atoms. The predicted molar refractivity (Wildman–Crippen MR) is 111 cm³/mol. The first-order valence-corrected chi connectivity index (χ1v) is 11.0. The Morgan fingerprint density at radius 1 is 1.26 bits per heavy atom. The molecule has 1 N–H and O–H groups in total. The van der Waals surface area contributed by atoms with Gasteiger partial charge in [-0.25, -0.2) is 4.98 Å². The van der Waals surface area contributed by atoms with Gasteiger partial charge >= 0.3 is 0 Å². The Hall–Kier alpha value is -1.82. The molecule has 1 aliphatic rings. The van der Waals surface area contributed by atoms with Gasteiger partial charge < -0.3 is 5.32 Å². The van der Waals surface area contributed by atoms with Crippen molar-refractivity contribution < 1.29 is 4.79 Å². The van der Waals surface area contributed by atoms with Crippen molar-refractivity contribution in [1.29, 1.82) is 0 Å². The number of hydrogen-bond donors (Lipinski definition) is 1. The summed E-state index contributed by atoms with van der Waals surface area (Å²) in [6, 6.07) is 7.75. The normalized spacial score (nSPS) is 16.8. The van der Waals surface area contributed by atoms with Crippen molar-refractivity contribution in [2.24, 2.45) is 0 Å². The fraction of sp³-hybridized carbons (Fsp3) is 0.571. The lowest BCUT2D eigenvalue weighted by Gasteiger charge is -2.19. The molecule has 27 heavy (non-hydrogen) atoms. The van der Waals surface area contributed by atoms with E-state index in [1.165, 1.54) is 37.4 Å². The van der Waals surface area contributed by atoms with E-state index in [4.69, 9.17) is 0 Å². The highest BCUT2D eigenvalue weighted by atomic mass is 32.2. The Bertz CT molecular complexity index is 841. The van der Waals surface area contributed by atoms with E-state index in [0.717, 1.165) is 19.3 Å². The Balaban J connectivity index is 1.77. The van der Waals surface area contributed by atoms with E-state index < -0.39 is 0 Å². The van der Waals surface area contributed by atoms with Gasteiger partial charge in [-0.1, -0.05) is 56.5 Å². The number of carbonyl (C=O) groups is 1. The smallest absolute Gasteiger partial charge is 0.262 e. The van der Waals surface area contributed by atoms with Crippen LogP contribution in [0.1, 0.15) is 64.8 Å². The summed E-state index contributed by atoms with van der Waals surface area (Å²) in [5, 5.41) is 4.43. The fourth-order valence-electron chi connectivity index (χ4n) is 3.62. The van der Waals surface area contributed by atoms with Crippen LogP contribution in [0.4, 0.5) is 0 Å². The molecule has 1 aromatic carbocycles. The first-order chi connectivity index (χ1) is 13.1. The van der Waals surface area contributed by atoms with Crippen LogP contribution < -0.4 is 10.9 Å². The number of nitrogens with one attached hydrogen (secondary N) is 1. The van der Waals surface area contributed by atoms with Crippen LogP contribution >= 0.6 is 11.8 Å². The van der Waals surface area contributed by atoms with E-state index in [2.05, 4.69) is 17.2 Å². The minimum absolute atomic E-state index is 0.0263. The number of carbonyl (C=O) groups excluding carboxylic acids is 1. The van der Waals surface area contributed by atoms with Crippen LogP contribution in [0.3, 0.4) is 0 Å². The number of nitrogens with zero attached hydrogens (tertiary/aromatic N) is 2. The van der Waals surface area contributed by atoms with Crippen LogP contribution in [0.5, 0.6) is 0 Å². The Labute approximate surface area is 164 Å². The van der Waals surface area contributed by atoms with Gasteiger partial charge in [0.25, 0.3) is 5.56 Å². The molecule has 1 amide bonds. The standard InChI is InChI=1S/C21H29N3O2S/c1-3-15(2)24-20(26)17-12-8-9-13-18(17)23-21(24)27-14-19(25)22-16-10-6-4-5-7-11-16/h8-9,12-13,15-16H,3-7,10-11,14H2,1-2H3,(H,22,25)/t15-/m1/s1. The summed E-state index contributed by atoms with van der Waals surface area (Å²) in [4.78, 5) is 30.1. The molecule has 0 radical (unpaired) electrons. The maximum absolute atomic E-state index is 13.0. The highest BCUT2D eigenvalue weighted by Gasteiger charge is 2.18. The SMILES string of the molecule is CC[C@@H](C)n1c(SCC(=O)NC2CCCCCC2)nc2ccccc2c1=O. The van der Waals surface area contributed by atoms with Gasteiger partial charge in [-0.2, -0.15) is 0 Å². The molecule has 0 unspecified atom stereocenters. The lowest BCUT2D eigenvalue weighted by Crippen LogP contribution is -2.35. The third-order valence-corrected chi connectivity index (χ3v) is 6.31. The molecule has 1 fully saturated rings. The molecule has 2 aromatic rings. The van der Waals surface area contributed by atoms with Gasteiger partial charge in [-0.3, -0.25) is 14.2 Å². The molecule has 0 saturated heterocycles. The average Bonchev–Trinajstić information content (AvgIpc) is 2.94. The molecule has 3 rings (SSSR count). The number of thioether (sulfide) groups is 1. The maximum Gasteiger partial charge on any atom is 0.262 e. The monoisotopic (exact) mass is 387 g/mol. The van der Waals surface area contributed by atoms with E-state index in [9.17, 15) is 9.59 Å². The summed E-state index contributed by atoms with van der Waals surface area (Å²) in [6.45, 7) is 4.08. The molecule has 1 heterocycles. The first kappa shape index (κ1) is 19.9. The van der Waals surface area contributed by atoms with Crippen LogP contribution in [0, 0.1) is 0 Å². The van der Waals surface area contributed by atoms with E-state index in [0.29, 0.717) is 22.1 Å². The molecule has 5 nitrogen and oxygen atoms in total. The number of hydrogen-bond acceptors (Lipinski definition) is 4. The third kappa shape index (κ3) is 4.92. The molecule has 146 valence electrons. The molecule has 1 aliphatic carbocycles. The quantitative estimate of drug-likeness (QED) is 0.456. The zero-order chi connectivity index (χ0) is 19.2. The number of fused-ring (bicyclic) bond motifs is 1. The van der Waals surface area contributed by atoms with Crippen molar-refractivity contribution >= 4 is 28.6 Å². The van der Waals surface area contributed by atoms with Gasteiger partial charge in [-0.15, -0.1) is 0 Å². The van der Waals surface area contributed by atoms with Gasteiger partial charge in [0.05, 0.1) is 16.7 Å². The number of rotatable bonds is 6. The number of amides is 1. The predicted octanol–water partition coefficient (Wildman–Crippen LogP) is 4.30. The topological polar surface area (TPSA) is 64.0 Å².